The van der Waals surface area contributed by atoms with Gasteiger partial charge in [0.1, 0.15) is 12.1 Å². The number of hydrogen-bond acceptors (Lipinski definition) is 6. The van der Waals surface area contributed by atoms with Gasteiger partial charge in [-0.1, -0.05) is 12.1 Å². The smallest absolute Gasteiger partial charge is 0.203 e. The predicted molar refractivity (Wildman–Crippen MR) is 83.3 cm³/mol. The van der Waals surface area contributed by atoms with Crippen LogP contribution < -0.4 is 9.80 Å². The molecule has 22 heavy (non-hydrogen) atoms. The Hall–Kier alpha value is -2.83. The first-order chi connectivity index (χ1) is 10.8. The fraction of sp³-hybridized carbons (Fsp3) is 0.267. The van der Waals surface area contributed by atoms with Crippen molar-refractivity contribution in [3.8, 4) is 5.75 Å². The van der Waals surface area contributed by atoms with E-state index in [1.165, 1.54) is 0 Å². The van der Waals surface area contributed by atoms with Crippen molar-refractivity contribution in [2.24, 2.45) is 0 Å². The van der Waals surface area contributed by atoms with E-state index < -0.39 is 0 Å². The second kappa shape index (κ2) is 5.18. The fourth-order valence-electron chi connectivity index (χ4n) is 2.86. The van der Waals surface area contributed by atoms with Crippen LogP contribution in [0.1, 0.15) is 0 Å². The van der Waals surface area contributed by atoms with Gasteiger partial charge in [-0.2, -0.15) is 0 Å². The van der Waals surface area contributed by atoms with Crippen molar-refractivity contribution in [3.05, 3.63) is 43.0 Å². The van der Waals surface area contributed by atoms with Gasteiger partial charge in [0, 0.05) is 38.6 Å². The number of phenols is 1. The van der Waals surface area contributed by atoms with E-state index >= 15 is 0 Å². The lowest BCUT2D eigenvalue weighted by molar-refractivity contribution is 0.472. The average molecular weight is 296 g/mol. The van der Waals surface area contributed by atoms with Crippen molar-refractivity contribution in [2.75, 3.05) is 36.0 Å². The van der Waals surface area contributed by atoms with Crippen molar-refractivity contribution in [1.29, 1.82) is 0 Å². The summed E-state index contributed by atoms with van der Waals surface area (Å²) >= 11 is 0. The highest BCUT2D eigenvalue weighted by atomic mass is 16.3. The van der Waals surface area contributed by atoms with Crippen molar-refractivity contribution in [2.45, 2.75) is 0 Å². The average Bonchev–Trinajstić information content (AvgIpc) is 3.04. The highest BCUT2D eigenvalue weighted by molar-refractivity contribution is 5.65. The van der Waals surface area contributed by atoms with Gasteiger partial charge in [-0.05, 0) is 12.1 Å². The van der Waals surface area contributed by atoms with Crippen molar-refractivity contribution in [3.63, 3.8) is 0 Å². The Morgan fingerprint density at radius 3 is 2.59 bits per heavy atom. The molecule has 0 bridgehead atoms. The maximum absolute atomic E-state index is 9.97. The number of benzene rings is 1. The number of para-hydroxylation sites is 2. The molecule has 1 N–H and O–H groups in total. The molecule has 0 spiro atoms. The Morgan fingerprint density at radius 2 is 1.77 bits per heavy atom. The number of anilines is 2. The Bertz CT molecular complexity index is 793. The summed E-state index contributed by atoms with van der Waals surface area (Å²) in [6.07, 6.45) is 5.29. The highest BCUT2D eigenvalue weighted by Gasteiger charge is 2.22. The monoisotopic (exact) mass is 296 g/mol. The summed E-state index contributed by atoms with van der Waals surface area (Å²) in [6.45, 7) is 3.31. The Kier molecular flexibility index (Phi) is 3.03. The molecule has 7 nitrogen and oxygen atoms in total. The first-order valence-corrected chi connectivity index (χ1v) is 7.25. The van der Waals surface area contributed by atoms with Gasteiger partial charge in [-0.25, -0.2) is 4.98 Å². The van der Waals surface area contributed by atoms with Gasteiger partial charge in [0.15, 0.2) is 5.82 Å². The van der Waals surface area contributed by atoms with Crippen LogP contribution in [0.2, 0.25) is 0 Å². The number of piperazine rings is 1. The first-order valence-electron chi connectivity index (χ1n) is 7.25. The number of hydrogen-bond donors (Lipinski definition) is 1. The summed E-state index contributed by atoms with van der Waals surface area (Å²) in [5.41, 5.74) is 1.66. The molecule has 3 heterocycles. The van der Waals surface area contributed by atoms with E-state index in [2.05, 4.69) is 25.0 Å². The first kappa shape index (κ1) is 12.9. The van der Waals surface area contributed by atoms with E-state index in [0.717, 1.165) is 43.3 Å². The molecule has 0 radical (unpaired) electrons. The van der Waals surface area contributed by atoms with Crippen LogP contribution in [0.25, 0.3) is 5.65 Å². The molecular weight excluding hydrogens is 280 g/mol. The third-order valence-electron chi connectivity index (χ3n) is 4.00. The third kappa shape index (κ3) is 2.11. The molecule has 0 saturated carbocycles. The second-order valence-electron chi connectivity index (χ2n) is 5.28. The molecule has 0 aliphatic carbocycles. The SMILES string of the molecule is Oc1ccccc1N1CCN(c2nccn3cnnc23)CC1. The molecule has 112 valence electrons. The topological polar surface area (TPSA) is 69.8 Å². The molecule has 4 rings (SSSR count). The number of rotatable bonds is 2. The third-order valence-corrected chi connectivity index (χ3v) is 4.00. The summed E-state index contributed by atoms with van der Waals surface area (Å²) in [6, 6.07) is 7.45. The summed E-state index contributed by atoms with van der Waals surface area (Å²) in [5, 5.41) is 18.0. The van der Waals surface area contributed by atoms with Gasteiger partial charge in [-0.3, -0.25) is 4.40 Å². The van der Waals surface area contributed by atoms with E-state index in [4.69, 9.17) is 0 Å². The maximum Gasteiger partial charge on any atom is 0.203 e. The molecule has 0 amide bonds. The van der Waals surface area contributed by atoms with Crippen molar-refractivity contribution in [1.82, 2.24) is 19.6 Å². The standard InChI is InChI=1S/C15H16N6O/c22-13-4-2-1-3-12(13)19-7-9-20(10-8-19)14-15-18-17-11-21(15)6-5-16-14/h1-6,11,22H,7-10H2. The van der Waals surface area contributed by atoms with Crippen LogP contribution in [0.4, 0.5) is 11.5 Å². The van der Waals surface area contributed by atoms with Crippen LogP contribution in [-0.4, -0.2) is 50.9 Å². The fourth-order valence-corrected chi connectivity index (χ4v) is 2.86. The molecule has 1 aliphatic heterocycles. The zero-order chi connectivity index (χ0) is 14.9. The molecule has 1 aromatic carbocycles. The van der Waals surface area contributed by atoms with Gasteiger partial charge in [0.2, 0.25) is 5.65 Å². The highest BCUT2D eigenvalue weighted by Crippen LogP contribution is 2.28. The van der Waals surface area contributed by atoms with Gasteiger partial charge in [0.05, 0.1) is 5.69 Å². The van der Waals surface area contributed by atoms with Crippen LogP contribution >= 0.6 is 0 Å². The van der Waals surface area contributed by atoms with E-state index in [1.54, 1.807) is 18.6 Å². The summed E-state index contributed by atoms with van der Waals surface area (Å²) in [4.78, 5) is 8.85. The van der Waals surface area contributed by atoms with Crippen LogP contribution in [0.5, 0.6) is 5.75 Å². The molecular formula is C15H16N6O. The quantitative estimate of drug-likeness (QED) is 0.765. The normalized spacial score (nSPS) is 15.5. The number of nitrogens with zero attached hydrogens (tertiary/aromatic N) is 6. The van der Waals surface area contributed by atoms with Crippen LogP contribution in [0, 0.1) is 0 Å². The van der Waals surface area contributed by atoms with Gasteiger partial charge >= 0.3 is 0 Å². The van der Waals surface area contributed by atoms with Crippen LogP contribution in [0.15, 0.2) is 43.0 Å². The van der Waals surface area contributed by atoms with Gasteiger partial charge < -0.3 is 14.9 Å². The molecule has 1 fully saturated rings. The molecule has 1 aliphatic rings. The molecule has 0 atom stereocenters. The Balaban J connectivity index is 1.55. The second-order valence-corrected chi connectivity index (χ2v) is 5.28. The van der Waals surface area contributed by atoms with E-state index in [0.29, 0.717) is 5.75 Å². The summed E-state index contributed by atoms with van der Waals surface area (Å²) in [7, 11) is 0. The molecule has 7 heteroatoms. The molecule has 1 saturated heterocycles. The Labute approximate surface area is 127 Å². The van der Waals surface area contributed by atoms with E-state index in [1.807, 2.05) is 28.8 Å². The number of aromatic hydroxyl groups is 1. The Morgan fingerprint density at radius 1 is 1.00 bits per heavy atom. The lowest BCUT2D eigenvalue weighted by Crippen LogP contribution is -2.47. The molecule has 3 aromatic rings. The number of fused-ring (bicyclic) bond motifs is 1. The maximum atomic E-state index is 9.97. The predicted octanol–water partition coefficient (Wildman–Crippen LogP) is 1.16. The van der Waals surface area contributed by atoms with Gasteiger partial charge in [-0.15, -0.1) is 10.2 Å². The number of phenolic OH excluding ortho intramolecular Hbond substituents is 1. The van der Waals surface area contributed by atoms with Crippen LogP contribution in [-0.2, 0) is 0 Å². The zero-order valence-electron chi connectivity index (χ0n) is 12.0. The number of aromatic nitrogens is 4. The van der Waals surface area contributed by atoms with Gasteiger partial charge in [0.25, 0.3) is 0 Å². The lowest BCUT2D eigenvalue weighted by Gasteiger charge is -2.36. The molecule has 2 aromatic heterocycles. The van der Waals surface area contributed by atoms with E-state index in [9.17, 15) is 5.11 Å². The summed E-state index contributed by atoms with van der Waals surface area (Å²) < 4.78 is 1.87. The minimum Gasteiger partial charge on any atom is -0.506 e. The van der Waals surface area contributed by atoms with Crippen molar-refractivity contribution >= 4 is 17.2 Å². The minimum atomic E-state index is 0.327. The largest absolute Gasteiger partial charge is 0.506 e. The van der Waals surface area contributed by atoms with E-state index in [-0.39, 0.29) is 0 Å². The lowest BCUT2D eigenvalue weighted by atomic mass is 10.2. The summed E-state index contributed by atoms with van der Waals surface area (Å²) in [5.74, 6) is 1.19. The minimum absolute atomic E-state index is 0.327. The van der Waals surface area contributed by atoms with Crippen LogP contribution in [0.3, 0.4) is 0 Å². The zero-order valence-corrected chi connectivity index (χ0v) is 12.0. The molecule has 0 unspecified atom stereocenters. The van der Waals surface area contributed by atoms with Crippen molar-refractivity contribution < 1.29 is 5.11 Å².